The Kier molecular flexibility index (Phi) is 3.77. The number of nitrogens with zero attached hydrogens (tertiary/aromatic N) is 2. The SMILES string of the molecule is O=C(c1ccc2c(c1)N=CCN2)N1CCC[C@@H]2c3ccccc3CC[C@@H]21. The topological polar surface area (TPSA) is 44.7 Å². The number of carbonyl (C=O) groups is 1. The number of fused-ring (bicyclic) bond motifs is 4. The molecule has 4 nitrogen and oxygen atoms in total. The Labute approximate surface area is 153 Å². The first-order valence-corrected chi connectivity index (χ1v) is 9.60. The van der Waals surface area contributed by atoms with E-state index in [9.17, 15) is 4.79 Å². The third-order valence-corrected chi connectivity index (χ3v) is 6.06. The number of amides is 1. The first-order chi connectivity index (χ1) is 12.8. The molecule has 5 rings (SSSR count). The summed E-state index contributed by atoms with van der Waals surface area (Å²) in [7, 11) is 0. The van der Waals surface area contributed by atoms with Crippen molar-refractivity contribution in [3.8, 4) is 0 Å². The minimum atomic E-state index is 0.155. The minimum absolute atomic E-state index is 0.155. The lowest BCUT2D eigenvalue weighted by Crippen LogP contribution is -2.49. The maximum absolute atomic E-state index is 13.3. The van der Waals surface area contributed by atoms with Crippen molar-refractivity contribution < 1.29 is 4.79 Å². The summed E-state index contributed by atoms with van der Waals surface area (Å²) in [6.07, 6.45) is 6.25. The number of aryl methyl sites for hydroxylation is 1. The van der Waals surface area contributed by atoms with Gasteiger partial charge in [-0.05, 0) is 55.0 Å². The number of hydrogen-bond donors (Lipinski definition) is 1. The maximum atomic E-state index is 13.3. The Bertz CT molecular complexity index is 889. The fourth-order valence-electron chi connectivity index (χ4n) is 4.84. The molecule has 1 aliphatic carbocycles. The lowest BCUT2D eigenvalue weighted by molar-refractivity contribution is 0.0547. The van der Waals surface area contributed by atoms with Gasteiger partial charge in [-0.15, -0.1) is 0 Å². The predicted molar refractivity (Wildman–Crippen MR) is 105 cm³/mol. The Morgan fingerprint density at radius 3 is 3.04 bits per heavy atom. The van der Waals surface area contributed by atoms with Crippen molar-refractivity contribution in [2.45, 2.75) is 37.6 Å². The van der Waals surface area contributed by atoms with Gasteiger partial charge in [0.25, 0.3) is 5.91 Å². The van der Waals surface area contributed by atoms with Gasteiger partial charge in [-0.2, -0.15) is 0 Å². The average Bonchev–Trinajstić information content (AvgIpc) is 2.72. The molecule has 1 saturated heterocycles. The van der Waals surface area contributed by atoms with Gasteiger partial charge in [0.2, 0.25) is 0 Å². The zero-order valence-electron chi connectivity index (χ0n) is 14.8. The van der Waals surface area contributed by atoms with E-state index in [-0.39, 0.29) is 5.91 Å². The second kappa shape index (κ2) is 6.27. The van der Waals surface area contributed by atoms with Gasteiger partial charge in [0, 0.05) is 30.3 Å². The number of hydrogen-bond acceptors (Lipinski definition) is 3. The predicted octanol–water partition coefficient (Wildman–Crippen LogP) is 4.15. The summed E-state index contributed by atoms with van der Waals surface area (Å²) < 4.78 is 0. The van der Waals surface area contributed by atoms with Gasteiger partial charge < -0.3 is 10.2 Å². The maximum Gasteiger partial charge on any atom is 0.254 e. The van der Waals surface area contributed by atoms with Crippen LogP contribution in [0.5, 0.6) is 0 Å². The van der Waals surface area contributed by atoms with E-state index in [2.05, 4.69) is 39.5 Å². The van der Waals surface area contributed by atoms with Crippen LogP contribution in [-0.4, -0.2) is 36.2 Å². The average molecular weight is 345 g/mol. The highest BCUT2D eigenvalue weighted by Gasteiger charge is 2.38. The van der Waals surface area contributed by atoms with Gasteiger partial charge >= 0.3 is 0 Å². The fourth-order valence-corrected chi connectivity index (χ4v) is 4.84. The first kappa shape index (κ1) is 15.6. The quantitative estimate of drug-likeness (QED) is 0.844. The van der Waals surface area contributed by atoms with E-state index in [1.807, 2.05) is 24.4 Å². The molecule has 0 aromatic heterocycles. The smallest absolute Gasteiger partial charge is 0.254 e. The van der Waals surface area contributed by atoms with E-state index < -0.39 is 0 Å². The molecule has 26 heavy (non-hydrogen) atoms. The van der Waals surface area contributed by atoms with Crippen molar-refractivity contribution in [2.75, 3.05) is 18.4 Å². The standard InChI is InChI=1S/C22H23N3O/c26-22(16-7-9-19-20(14-16)24-12-11-23-19)25-13-3-6-18-17-5-2-1-4-15(17)8-10-21(18)25/h1-2,4-5,7,9,12,14,18,21,23H,3,6,8,10-11,13H2/t18-,21+/m1/s1. The van der Waals surface area contributed by atoms with Gasteiger partial charge in [-0.1, -0.05) is 24.3 Å². The molecular formula is C22H23N3O. The molecule has 1 N–H and O–H groups in total. The molecule has 0 bridgehead atoms. The van der Waals surface area contributed by atoms with E-state index in [1.165, 1.54) is 17.5 Å². The molecule has 1 amide bonds. The molecule has 2 aromatic rings. The highest BCUT2D eigenvalue weighted by molar-refractivity contribution is 5.97. The van der Waals surface area contributed by atoms with Crippen LogP contribution in [0.15, 0.2) is 47.5 Å². The van der Waals surface area contributed by atoms with Crippen LogP contribution >= 0.6 is 0 Å². The van der Waals surface area contributed by atoms with Crippen molar-refractivity contribution >= 4 is 23.5 Å². The Morgan fingerprint density at radius 1 is 1.15 bits per heavy atom. The zero-order valence-corrected chi connectivity index (χ0v) is 14.8. The molecular weight excluding hydrogens is 322 g/mol. The number of piperidine rings is 1. The molecule has 4 heteroatoms. The third-order valence-electron chi connectivity index (χ3n) is 6.06. The van der Waals surface area contributed by atoms with E-state index >= 15 is 0 Å². The minimum Gasteiger partial charge on any atom is -0.378 e. The number of likely N-dealkylation sites (tertiary alicyclic amines) is 1. The van der Waals surface area contributed by atoms with Gasteiger partial charge in [0.15, 0.2) is 0 Å². The summed E-state index contributed by atoms with van der Waals surface area (Å²) in [6, 6.07) is 15.0. The largest absolute Gasteiger partial charge is 0.378 e. The summed E-state index contributed by atoms with van der Waals surface area (Å²) >= 11 is 0. The van der Waals surface area contributed by atoms with Crippen molar-refractivity contribution in [2.24, 2.45) is 4.99 Å². The van der Waals surface area contributed by atoms with Crippen LogP contribution in [0.4, 0.5) is 11.4 Å². The van der Waals surface area contributed by atoms with Crippen molar-refractivity contribution in [3.63, 3.8) is 0 Å². The van der Waals surface area contributed by atoms with E-state index in [4.69, 9.17) is 0 Å². The monoisotopic (exact) mass is 345 g/mol. The molecule has 2 atom stereocenters. The van der Waals surface area contributed by atoms with Crippen LogP contribution < -0.4 is 5.32 Å². The Balaban J connectivity index is 1.45. The molecule has 0 unspecified atom stereocenters. The second-order valence-electron chi connectivity index (χ2n) is 7.48. The van der Waals surface area contributed by atoms with Crippen LogP contribution in [-0.2, 0) is 6.42 Å². The molecule has 2 heterocycles. The van der Waals surface area contributed by atoms with E-state index in [0.717, 1.165) is 49.3 Å². The molecule has 0 spiro atoms. The molecule has 2 aliphatic heterocycles. The fraction of sp³-hybridized carbons (Fsp3) is 0.364. The Hall–Kier alpha value is -2.62. The van der Waals surface area contributed by atoms with Crippen LogP contribution in [0.1, 0.15) is 46.7 Å². The normalized spacial score (nSPS) is 23.5. The molecule has 2 aromatic carbocycles. The number of nitrogens with one attached hydrogen (secondary N) is 1. The van der Waals surface area contributed by atoms with Gasteiger partial charge in [0.05, 0.1) is 17.9 Å². The highest BCUT2D eigenvalue weighted by Crippen LogP contribution is 2.41. The van der Waals surface area contributed by atoms with E-state index in [0.29, 0.717) is 12.0 Å². The summed E-state index contributed by atoms with van der Waals surface area (Å²) in [5.41, 5.74) is 5.55. The van der Waals surface area contributed by atoms with E-state index in [1.54, 1.807) is 0 Å². The molecule has 0 saturated carbocycles. The lowest BCUT2D eigenvalue weighted by Gasteiger charge is -2.45. The lowest BCUT2D eigenvalue weighted by atomic mass is 9.74. The zero-order chi connectivity index (χ0) is 17.5. The summed E-state index contributed by atoms with van der Waals surface area (Å²) in [5, 5.41) is 3.29. The Morgan fingerprint density at radius 2 is 2.08 bits per heavy atom. The van der Waals surface area contributed by atoms with Gasteiger partial charge in [0.1, 0.15) is 0 Å². The number of benzene rings is 2. The number of rotatable bonds is 1. The van der Waals surface area contributed by atoms with Crippen molar-refractivity contribution in [3.05, 3.63) is 59.2 Å². The number of aliphatic imine (C=N–C) groups is 1. The number of anilines is 1. The summed E-state index contributed by atoms with van der Waals surface area (Å²) in [6.45, 7) is 1.61. The summed E-state index contributed by atoms with van der Waals surface area (Å²) in [4.78, 5) is 19.9. The van der Waals surface area contributed by atoms with Crippen LogP contribution in [0, 0.1) is 0 Å². The molecule has 1 fully saturated rings. The molecule has 0 radical (unpaired) electrons. The summed E-state index contributed by atoms with van der Waals surface area (Å²) in [5.74, 6) is 0.637. The molecule has 3 aliphatic rings. The second-order valence-corrected chi connectivity index (χ2v) is 7.48. The van der Waals surface area contributed by atoms with Crippen molar-refractivity contribution in [1.29, 1.82) is 0 Å². The highest BCUT2D eigenvalue weighted by atomic mass is 16.2. The van der Waals surface area contributed by atoms with Crippen LogP contribution in [0.2, 0.25) is 0 Å². The van der Waals surface area contributed by atoms with Gasteiger partial charge in [-0.3, -0.25) is 9.79 Å². The number of carbonyl (C=O) groups excluding carboxylic acids is 1. The van der Waals surface area contributed by atoms with Crippen LogP contribution in [0.25, 0.3) is 0 Å². The third kappa shape index (κ3) is 2.52. The van der Waals surface area contributed by atoms with Crippen LogP contribution in [0.3, 0.4) is 0 Å². The molecule has 132 valence electrons. The van der Waals surface area contributed by atoms with Crippen molar-refractivity contribution in [1.82, 2.24) is 4.90 Å². The first-order valence-electron chi connectivity index (χ1n) is 9.60. The van der Waals surface area contributed by atoms with Gasteiger partial charge in [-0.25, -0.2) is 0 Å².